The Morgan fingerprint density at radius 1 is 1.04 bits per heavy atom. The van der Waals surface area contributed by atoms with Gasteiger partial charge in [0.15, 0.2) is 0 Å². The molecule has 0 unspecified atom stereocenters. The number of likely N-dealkylation sites (N-methyl/N-ethyl adjacent to an activating group) is 1. The Morgan fingerprint density at radius 2 is 1.72 bits per heavy atom. The van der Waals surface area contributed by atoms with E-state index in [1.54, 1.807) is 12.3 Å². The summed E-state index contributed by atoms with van der Waals surface area (Å²) in [6.07, 6.45) is -1.38. The smallest absolute Gasteiger partial charge is 0.365 e. The quantitative estimate of drug-likeness (QED) is 0.918. The summed E-state index contributed by atoms with van der Waals surface area (Å²) >= 11 is 0. The standard InChI is InChI=1S/C17H20F3N5/c1-24-8-10-25(11-9-24)16-13(4-2-7-22-16)12-23-15-14(17(18,19)20)5-3-6-21-15/h2-7H,8-12H2,1H3,(H,21,23). The zero-order valence-corrected chi connectivity index (χ0v) is 13.9. The van der Waals surface area contributed by atoms with E-state index in [9.17, 15) is 13.2 Å². The zero-order chi connectivity index (χ0) is 17.9. The second-order valence-electron chi connectivity index (χ2n) is 6.03. The normalized spacial score (nSPS) is 16.1. The maximum Gasteiger partial charge on any atom is 0.419 e. The van der Waals surface area contributed by atoms with E-state index in [1.807, 2.05) is 6.07 Å². The van der Waals surface area contributed by atoms with Crippen molar-refractivity contribution < 1.29 is 13.2 Å². The van der Waals surface area contributed by atoms with E-state index in [4.69, 9.17) is 0 Å². The van der Waals surface area contributed by atoms with Crippen LogP contribution in [0, 0.1) is 0 Å². The van der Waals surface area contributed by atoms with E-state index in [1.165, 1.54) is 12.3 Å². The van der Waals surface area contributed by atoms with Gasteiger partial charge in [-0.05, 0) is 25.2 Å². The van der Waals surface area contributed by atoms with Crippen LogP contribution in [0.25, 0.3) is 0 Å². The largest absolute Gasteiger partial charge is 0.419 e. The van der Waals surface area contributed by atoms with Gasteiger partial charge in [0, 0.05) is 50.7 Å². The molecule has 0 radical (unpaired) electrons. The molecule has 1 aliphatic heterocycles. The summed E-state index contributed by atoms with van der Waals surface area (Å²) in [7, 11) is 2.07. The molecule has 0 bridgehead atoms. The van der Waals surface area contributed by atoms with Crippen LogP contribution >= 0.6 is 0 Å². The first kappa shape index (κ1) is 17.5. The van der Waals surface area contributed by atoms with E-state index in [0.717, 1.165) is 43.6 Å². The minimum Gasteiger partial charge on any atom is -0.365 e. The van der Waals surface area contributed by atoms with Crippen LogP contribution < -0.4 is 10.2 Å². The number of rotatable bonds is 4. The molecule has 134 valence electrons. The van der Waals surface area contributed by atoms with Gasteiger partial charge in [0.2, 0.25) is 0 Å². The van der Waals surface area contributed by atoms with E-state index >= 15 is 0 Å². The van der Waals surface area contributed by atoms with E-state index in [0.29, 0.717) is 0 Å². The van der Waals surface area contributed by atoms with Gasteiger partial charge in [0.25, 0.3) is 0 Å². The molecule has 0 spiro atoms. The first-order valence-corrected chi connectivity index (χ1v) is 8.08. The molecular weight excluding hydrogens is 331 g/mol. The van der Waals surface area contributed by atoms with Crippen molar-refractivity contribution in [3.05, 3.63) is 47.8 Å². The molecule has 1 aliphatic rings. The van der Waals surface area contributed by atoms with Crippen LogP contribution in [0.1, 0.15) is 11.1 Å². The van der Waals surface area contributed by atoms with Gasteiger partial charge in [-0.3, -0.25) is 0 Å². The Bertz CT molecular complexity index is 711. The van der Waals surface area contributed by atoms with Crippen molar-refractivity contribution in [2.24, 2.45) is 0 Å². The van der Waals surface area contributed by atoms with Gasteiger partial charge in [-0.1, -0.05) is 6.07 Å². The molecule has 0 saturated carbocycles. The molecule has 3 heterocycles. The zero-order valence-electron chi connectivity index (χ0n) is 13.9. The lowest BCUT2D eigenvalue weighted by Gasteiger charge is -2.34. The van der Waals surface area contributed by atoms with E-state index in [2.05, 4.69) is 32.1 Å². The SMILES string of the molecule is CN1CCN(c2ncccc2CNc2ncccc2C(F)(F)F)CC1. The topological polar surface area (TPSA) is 44.3 Å². The molecule has 0 aliphatic carbocycles. The number of anilines is 2. The van der Waals surface area contributed by atoms with Gasteiger partial charge in [-0.2, -0.15) is 13.2 Å². The fraction of sp³-hybridized carbons (Fsp3) is 0.412. The Kier molecular flexibility index (Phi) is 5.08. The van der Waals surface area contributed by atoms with Crippen LogP contribution in [0.3, 0.4) is 0 Å². The lowest BCUT2D eigenvalue weighted by molar-refractivity contribution is -0.137. The molecule has 2 aromatic heterocycles. The molecule has 8 heteroatoms. The second-order valence-corrected chi connectivity index (χ2v) is 6.03. The number of alkyl halides is 3. The van der Waals surface area contributed by atoms with Crippen LogP contribution in [0.5, 0.6) is 0 Å². The number of pyridine rings is 2. The third-order valence-corrected chi connectivity index (χ3v) is 4.23. The first-order valence-electron chi connectivity index (χ1n) is 8.08. The van der Waals surface area contributed by atoms with Gasteiger partial charge in [-0.25, -0.2) is 9.97 Å². The van der Waals surface area contributed by atoms with Gasteiger partial charge in [0.1, 0.15) is 11.6 Å². The number of piperazine rings is 1. The lowest BCUT2D eigenvalue weighted by Crippen LogP contribution is -2.45. The molecule has 25 heavy (non-hydrogen) atoms. The third kappa shape index (κ3) is 4.19. The first-order chi connectivity index (χ1) is 11.9. The number of nitrogens with one attached hydrogen (secondary N) is 1. The highest BCUT2D eigenvalue weighted by molar-refractivity contribution is 5.51. The van der Waals surface area contributed by atoms with E-state index in [-0.39, 0.29) is 12.4 Å². The lowest BCUT2D eigenvalue weighted by atomic mass is 10.2. The average Bonchev–Trinajstić information content (AvgIpc) is 2.60. The Morgan fingerprint density at radius 3 is 2.44 bits per heavy atom. The van der Waals surface area contributed by atoms with Gasteiger partial charge >= 0.3 is 6.18 Å². The summed E-state index contributed by atoms with van der Waals surface area (Å²) in [6, 6.07) is 5.98. The summed E-state index contributed by atoms with van der Waals surface area (Å²) in [6.45, 7) is 3.79. The maximum atomic E-state index is 13.1. The average molecular weight is 351 g/mol. The van der Waals surface area contributed by atoms with Crippen molar-refractivity contribution in [3.63, 3.8) is 0 Å². The fourth-order valence-corrected chi connectivity index (χ4v) is 2.83. The van der Waals surface area contributed by atoms with Crippen LogP contribution in [-0.4, -0.2) is 48.1 Å². The monoisotopic (exact) mass is 351 g/mol. The number of aromatic nitrogens is 2. The van der Waals surface area contributed by atoms with Crippen molar-refractivity contribution in [2.75, 3.05) is 43.4 Å². The summed E-state index contributed by atoms with van der Waals surface area (Å²) in [5.74, 6) is 0.649. The minimum absolute atomic E-state index is 0.164. The fourth-order valence-electron chi connectivity index (χ4n) is 2.83. The molecule has 1 saturated heterocycles. The molecule has 2 aromatic rings. The molecule has 0 atom stereocenters. The van der Waals surface area contributed by atoms with Crippen LogP contribution in [0.15, 0.2) is 36.7 Å². The predicted molar refractivity (Wildman–Crippen MR) is 90.5 cm³/mol. The van der Waals surface area contributed by atoms with Crippen LogP contribution in [-0.2, 0) is 12.7 Å². The number of hydrogen-bond acceptors (Lipinski definition) is 5. The molecule has 1 fully saturated rings. The minimum atomic E-state index is -4.44. The number of hydrogen-bond donors (Lipinski definition) is 1. The van der Waals surface area contributed by atoms with Crippen LogP contribution in [0.2, 0.25) is 0 Å². The third-order valence-electron chi connectivity index (χ3n) is 4.23. The Hall–Kier alpha value is -2.35. The van der Waals surface area contributed by atoms with Crippen molar-refractivity contribution in [1.82, 2.24) is 14.9 Å². The van der Waals surface area contributed by atoms with Crippen molar-refractivity contribution in [3.8, 4) is 0 Å². The number of halogens is 3. The Balaban J connectivity index is 1.77. The van der Waals surface area contributed by atoms with Crippen molar-refractivity contribution in [1.29, 1.82) is 0 Å². The van der Waals surface area contributed by atoms with Gasteiger partial charge in [0.05, 0.1) is 5.56 Å². The molecule has 5 nitrogen and oxygen atoms in total. The molecule has 3 rings (SSSR count). The predicted octanol–water partition coefficient (Wildman–Crippen LogP) is 2.86. The summed E-state index contributed by atoms with van der Waals surface area (Å²) in [4.78, 5) is 12.7. The van der Waals surface area contributed by atoms with Gasteiger partial charge < -0.3 is 15.1 Å². The highest BCUT2D eigenvalue weighted by atomic mass is 19.4. The summed E-state index contributed by atoms with van der Waals surface area (Å²) in [5.41, 5.74) is 0.0888. The highest BCUT2D eigenvalue weighted by Crippen LogP contribution is 2.33. The van der Waals surface area contributed by atoms with Crippen LogP contribution in [0.4, 0.5) is 24.8 Å². The van der Waals surface area contributed by atoms with Crippen molar-refractivity contribution >= 4 is 11.6 Å². The maximum absolute atomic E-state index is 13.1. The molecule has 0 aromatic carbocycles. The summed E-state index contributed by atoms with van der Waals surface area (Å²) < 4.78 is 39.2. The van der Waals surface area contributed by atoms with Crippen molar-refractivity contribution in [2.45, 2.75) is 12.7 Å². The Labute approximate surface area is 144 Å². The van der Waals surface area contributed by atoms with Gasteiger partial charge in [-0.15, -0.1) is 0 Å². The summed E-state index contributed by atoms with van der Waals surface area (Å²) in [5, 5.41) is 2.82. The molecular formula is C17H20F3N5. The number of nitrogens with zero attached hydrogens (tertiary/aromatic N) is 4. The molecule has 1 N–H and O–H groups in total. The molecule has 0 amide bonds. The highest BCUT2D eigenvalue weighted by Gasteiger charge is 2.34. The second kappa shape index (κ2) is 7.26. The van der Waals surface area contributed by atoms with E-state index < -0.39 is 11.7 Å².